The highest BCUT2D eigenvalue weighted by atomic mass is 32.2. The fraction of sp³-hybridized carbons (Fsp3) is 0. The molecule has 0 atom stereocenters. The van der Waals surface area contributed by atoms with Crippen LogP contribution < -0.4 is 42.6 Å². The molecule has 0 saturated heterocycles. The molecule has 6 heterocycles. The van der Waals surface area contributed by atoms with E-state index in [2.05, 4.69) is 386 Å². The molecule has 23 rings (SSSR count). The summed E-state index contributed by atoms with van der Waals surface area (Å²) in [6.45, 7) is -0.412. The molecular formula is C102H62B2N2O2S2. The lowest BCUT2D eigenvalue weighted by atomic mass is 9.31. The molecule has 0 radical (unpaired) electrons. The molecule has 0 unspecified atom stereocenters. The van der Waals surface area contributed by atoms with Gasteiger partial charge in [0.25, 0.3) is 0 Å². The van der Waals surface area contributed by atoms with Crippen molar-refractivity contribution in [3.05, 3.63) is 376 Å². The minimum Gasteiger partial charge on any atom is -0.456 e. The van der Waals surface area contributed by atoms with Gasteiger partial charge in [0, 0.05) is 75.0 Å². The molecule has 0 saturated carbocycles. The van der Waals surface area contributed by atoms with Crippen LogP contribution >= 0.6 is 23.5 Å². The van der Waals surface area contributed by atoms with Crippen LogP contribution in [0.2, 0.25) is 0 Å². The summed E-state index contributed by atoms with van der Waals surface area (Å²) in [5, 5.41) is 4.40. The molecule has 0 bridgehead atoms. The van der Waals surface area contributed by atoms with Gasteiger partial charge in [0.05, 0.1) is 11.4 Å². The summed E-state index contributed by atoms with van der Waals surface area (Å²) in [6, 6.07) is 140. The smallest absolute Gasteiger partial charge is 0.249 e. The second-order valence-electron chi connectivity index (χ2n) is 29.2. The summed E-state index contributed by atoms with van der Waals surface area (Å²) in [4.78, 5) is 10.2. The zero-order chi connectivity index (χ0) is 72.1. The monoisotopic (exact) mass is 1430 g/mol. The Labute approximate surface area is 646 Å². The van der Waals surface area contributed by atoms with E-state index in [1.54, 1.807) is 0 Å². The van der Waals surface area contributed by atoms with E-state index >= 15 is 0 Å². The van der Waals surface area contributed by atoms with Gasteiger partial charge >= 0.3 is 0 Å². The molecule has 2 aromatic heterocycles. The summed E-state index contributed by atoms with van der Waals surface area (Å²) < 4.78 is 13.5. The predicted molar refractivity (Wildman–Crippen MR) is 464 cm³/mol. The Morgan fingerprint density at radius 1 is 0.200 bits per heavy atom. The lowest BCUT2D eigenvalue weighted by Gasteiger charge is -2.45. The molecule has 4 aliphatic heterocycles. The number of anilines is 6. The first-order chi connectivity index (χ1) is 54.6. The van der Waals surface area contributed by atoms with Crippen molar-refractivity contribution >= 4 is 148 Å². The second-order valence-corrected chi connectivity index (χ2v) is 31.3. The average molecular weight is 1430 g/mol. The first-order valence-corrected chi connectivity index (χ1v) is 39.4. The molecule has 8 heteroatoms. The maximum Gasteiger partial charge on any atom is 0.249 e. The van der Waals surface area contributed by atoms with Crippen molar-refractivity contribution in [3.63, 3.8) is 0 Å². The number of nitrogens with zero attached hydrogens (tertiary/aromatic N) is 2. The molecule has 0 spiro atoms. The third-order valence-corrected chi connectivity index (χ3v) is 25.5. The first-order valence-electron chi connectivity index (χ1n) is 37.7. The maximum atomic E-state index is 6.76. The summed E-state index contributed by atoms with van der Waals surface area (Å²) in [6.07, 6.45) is 0. The number of benzene rings is 17. The Morgan fingerprint density at radius 3 is 0.945 bits per heavy atom. The topological polar surface area (TPSA) is 32.8 Å². The van der Waals surface area contributed by atoms with Crippen molar-refractivity contribution in [2.75, 3.05) is 9.80 Å². The molecule has 0 fully saturated rings. The minimum absolute atomic E-state index is 0.206. The fourth-order valence-electron chi connectivity index (χ4n) is 18.4. The lowest BCUT2D eigenvalue weighted by Crippen LogP contribution is -2.64. The molecule has 19 aromatic rings. The van der Waals surface area contributed by atoms with E-state index in [-0.39, 0.29) is 13.4 Å². The van der Waals surface area contributed by atoms with Crippen LogP contribution in [0.5, 0.6) is 0 Å². The van der Waals surface area contributed by atoms with Crippen molar-refractivity contribution in [1.29, 1.82) is 0 Å². The zero-order valence-electron chi connectivity index (χ0n) is 59.5. The Balaban J connectivity index is 0.844. The largest absolute Gasteiger partial charge is 0.456 e. The molecule has 0 N–H and O–H groups in total. The standard InChI is InChI=1S/C102H62B2N2O2S2/c1-5-27-63(28-6-1)71-35-13-15-37-73(71)67-51-53-81-95(57-67)109-97-59-69(77-43-25-49-93-99(77)79-41-19-23-47-91(79)107-93)55-89-101(97)103(81)83-61-84-88(62-87(83)105(89)85-45-21-17-39-75(85)65-31-9-3-10-32-65)106(86-46-22-18-40-76(86)66-33-11-4-12-34-66)90-56-70(78-44-26-50-94-100(78)80-42-20-24-48-92(80)108-94)60-98-102(90)104(84)82-54-52-68(58-96(82)110-98)74-38-16-14-36-72(74)64-29-7-2-8-30-64/h1-62H. The highest BCUT2D eigenvalue weighted by Crippen LogP contribution is 2.54. The van der Waals surface area contributed by atoms with Gasteiger partial charge in [-0.25, -0.2) is 0 Å². The molecular weight excluding hydrogens is 1370 g/mol. The Morgan fingerprint density at radius 2 is 0.527 bits per heavy atom. The van der Waals surface area contributed by atoms with Gasteiger partial charge in [-0.2, -0.15) is 0 Å². The van der Waals surface area contributed by atoms with Crippen LogP contribution in [0.3, 0.4) is 0 Å². The number of rotatable bonds is 10. The molecule has 110 heavy (non-hydrogen) atoms. The van der Waals surface area contributed by atoms with E-state index in [0.717, 1.165) is 123 Å². The van der Waals surface area contributed by atoms with Gasteiger partial charge in [0.2, 0.25) is 13.4 Å². The van der Waals surface area contributed by atoms with E-state index in [9.17, 15) is 0 Å². The SMILES string of the molecule is c1ccc(-c2ccccc2-c2ccc3c(c2)Sc2cc(-c4cccc5oc6ccccc6c45)cc4c2B3c2cc3c(cc2N4c2ccccc2-c2ccccc2)N(c2ccccc2-c2ccccc2)c2cc(-c4cccc5oc6ccccc6c45)cc4c2B3c2ccc(-c3ccccc3-c3ccccc3)cc2S4)cc1. The minimum atomic E-state index is -0.206. The molecule has 0 amide bonds. The normalized spacial score (nSPS) is 12.9. The number of furan rings is 2. The van der Waals surface area contributed by atoms with Gasteiger partial charge in [0.15, 0.2) is 0 Å². The first kappa shape index (κ1) is 62.9. The van der Waals surface area contributed by atoms with Crippen molar-refractivity contribution in [1.82, 2.24) is 0 Å². The highest BCUT2D eigenvalue weighted by Gasteiger charge is 2.48. The highest BCUT2D eigenvalue weighted by molar-refractivity contribution is 8.00. The fourth-order valence-corrected chi connectivity index (χ4v) is 20.9. The summed E-state index contributed by atoms with van der Waals surface area (Å²) >= 11 is 3.82. The van der Waals surface area contributed by atoms with Gasteiger partial charge in [-0.05, 0) is 179 Å². The predicted octanol–water partition coefficient (Wildman–Crippen LogP) is 24.3. The van der Waals surface area contributed by atoms with Gasteiger partial charge in [-0.3, -0.25) is 0 Å². The van der Waals surface area contributed by atoms with Crippen molar-refractivity contribution in [2.45, 2.75) is 19.6 Å². The number of para-hydroxylation sites is 4. The van der Waals surface area contributed by atoms with Crippen LogP contribution in [0, 0.1) is 0 Å². The third-order valence-electron chi connectivity index (χ3n) is 23.2. The Bertz CT molecular complexity index is 6600. The van der Waals surface area contributed by atoms with Gasteiger partial charge in [-0.1, -0.05) is 332 Å². The average Bonchev–Trinajstić information content (AvgIpc) is 0.813. The number of hydrogen-bond donors (Lipinski definition) is 0. The number of hydrogen-bond acceptors (Lipinski definition) is 6. The van der Waals surface area contributed by atoms with Gasteiger partial charge in [-0.15, -0.1) is 0 Å². The molecule has 510 valence electrons. The van der Waals surface area contributed by atoms with E-state index in [1.165, 1.54) is 96.9 Å². The van der Waals surface area contributed by atoms with E-state index in [1.807, 2.05) is 23.5 Å². The second kappa shape index (κ2) is 25.2. The van der Waals surface area contributed by atoms with Gasteiger partial charge < -0.3 is 18.6 Å². The summed E-state index contributed by atoms with van der Waals surface area (Å²) in [7, 11) is 0. The number of fused-ring (bicyclic) bond motifs is 14. The molecule has 17 aromatic carbocycles. The Kier molecular flexibility index (Phi) is 14.4. The van der Waals surface area contributed by atoms with Crippen LogP contribution in [-0.4, -0.2) is 13.4 Å². The van der Waals surface area contributed by atoms with Crippen molar-refractivity contribution in [2.24, 2.45) is 0 Å². The van der Waals surface area contributed by atoms with Crippen LogP contribution in [0.4, 0.5) is 34.1 Å². The van der Waals surface area contributed by atoms with Gasteiger partial charge in [0.1, 0.15) is 22.3 Å². The quantitative estimate of drug-likeness (QED) is 0.127. The van der Waals surface area contributed by atoms with E-state index in [0.29, 0.717) is 0 Å². The lowest BCUT2D eigenvalue weighted by molar-refractivity contribution is 0.668. The molecule has 4 aliphatic rings. The summed E-state index contributed by atoms with van der Waals surface area (Å²) in [5.41, 5.74) is 36.4. The molecule has 4 nitrogen and oxygen atoms in total. The Hall–Kier alpha value is -13.2. The van der Waals surface area contributed by atoms with Crippen molar-refractivity contribution in [3.8, 4) is 89.0 Å². The van der Waals surface area contributed by atoms with Crippen LogP contribution in [0.1, 0.15) is 0 Å². The van der Waals surface area contributed by atoms with Crippen LogP contribution in [0.15, 0.2) is 405 Å². The van der Waals surface area contributed by atoms with Crippen molar-refractivity contribution < 1.29 is 8.83 Å². The van der Waals surface area contributed by atoms with Crippen LogP contribution in [-0.2, 0) is 0 Å². The van der Waals surface area contributed by atoms with Crippen LogP contribution in [0.25, 0.3) is 133 Å². The third kappa shape index (κ3) is 9.86. The zero-order valence-corrected chi connectivity index (χ0v) is 61.1. The maximum absolute atomic E-state index is 6.76. The van der Waals surface area contributed by atoms with E-state index in [4.69, 9.17) is 8.83 Å². The molecule has 0 aliphatic carbocycles. The summed E-state index contributed by atoms with van der Waals surface area (Å²) in [5.74, 6) is 0. The van der Waals surface area contributed by atoms with E-state index < -0.39 is 0 Å².